The van der Waals surface area contributed by atoms with E-state index in [0.717, 1.165) is 68.7 Å². The maximum Gasteiger partial charge on any atom is 0.289 e. The van der Waals surface area contributed by atoms with Crippen LogP contribution in [0, 0.1) is 13.8 Å². The molecule has 1 fully saturated rings. The number of amides is 2. The lowest BCUT2D eigenvalue weighted by Crippen LogP contribution is -2.31. The van der Waals surface area contributed by atoms with Gasteiger partial charge in [0.15, 0.2) is 11.5 Å². The lowest BCUT2D eigenvalue weighted by Gasteiger charge is -2.19. The molecule has 2 aliphatic rings. The highest BCUT2D eigenvalue weighted by atomic mass is 16.2. The third kappa shape index (κ3) is 3.36. The first-order chi connectivity index (χ1) is 13.0. The van der Waals surface area contributed by atoms with Gasteiger partial charge in [-0.05, 0) is 69.2 Å². The van der Waals surface area contributed by atoms with E-state index in [-0.39, 0.29) is 11.8 Å². The third-order valence-corrected chi connectivity index (χ3v) is 5.68. The predicted molar refractivity (Wildman–Crippen MR) is 104 cm³/mol. The van der Waals surface area contributed by atoms with Crippen molar-refractivity contribution in [1.82, 2.24) is 14.5 Å². The molecule has 0 spiro atoms. The summed E-state index contributed by atoms with van der Waals surface area (Å²) >= 11 is 0. The first-order valence-electron chi connectivity index (χ1n) is 9.82. The summed E-state index contributed by atoms with van der Waals surface area (Å²) in [6.45, 7) is 6.39. The second-order valence-electron chi connectivity index (χ2n) is 7.59. The van der Waals surface area contributed by atoms with Crippen molar-refractivity contribution >= 4 is 17.5 Å². The zero-order valence-corrected chi connectivity index (χ0v) is 16.0. The Morgan fingerprint density at radius 1 is 1.00 bits per heavy atom. The Kier molecular flexibility index (Phi) is 4.72. The Morgan fingerprint density at radius 3 is 2.48 bits per heavy atom. The molecule has 1 aromatic carbocycles. The maximum absolute atomic E-state index is 12.9. The van der Waals surface area contributed by atoms with Crippen molar-refractivity contribution in [2.45, 2.75) is 52.5 Å². The number of benzene rings is 1. The second-order valence-corrected chi connectivity index (χ2v) is 7.59. The van der Waals surface area contributed by atoms with Crippen molar-refractivity contribution in [2.75, 3.05) is 18.4 Å². The number of aryl methyl sites for hydroxylation is 2. The quantitative estimate of drug-likeness (QED) is 0.906. The van der Waals surface area contributed by atoms with Crippen molar-refractivity contribution in [1.29, 1.82) is 0 Å². The van der Waals surface area contributed by atoms with Crippen LogP contribution in [-0.2, 0) is 13.0 Å². The number of rotatable bonds is 3. The molecule has 1 saturated heterocycles. The Balaban J connectivity index is 1.64. The number of aromatic nitrogens is 2. The van der Waals surface area contributed by atoms with Crippen LogP contribution >= 0.6 is 0 Å². The number of carbonyl (C=O) groups is 2. The summed E-state index contributed by atoms with van der Waals surface area (Å²) in [5.74, 6) is 0.155. The average molecular weight is 366 g/mol. The van der Waals surface area contributed by atoms with E-state index in [4.69, 9.17) is 0 Å². The molecule has 0 saturated carbocycles. The molecule has 6 heteroatoms. The van der Waals surface area contributed by atoms with Gasteiger partial charge in [0.25, 0.3) is 11.8 Å². The SMILES string of the molecule is Cc1ccc(NC(=O)c2nc(C(=O)N3CCCC3)n3c2CCCC3)cc1C. The normalized spacial score (nSPS) is 16.3. The van der Waals surface area contributed by atoms with Gasteiger partial charge in [-0.25, -0.2) is 4.98 Å². The molecule has 0 unspecified atom stereocenters. The number of hydrogen-bond acceptors (Lipinski definition) is 3. The smallest absolute Gasteiger partial charge is 0.289 e. The molecule has 0 atom stereocenters. The monoisotopic (exact) mass is 366 g/mol. The topological polar surface area (TPSA) is 67.2 Å². The van der Waals surface area contributed by atoms with Crippen LogP contribution in [0.4, 0.5) is 5.69 Å². The van der Waals surface area contributed by atoms with Crippen LogP contribution in [0.15, 0.2) is 18.2 Å². The highest BCUT2D eigenvalue weighted by Crippen LogP contribution is 2.24. The van der Waals surface area contributed by atoms with Gasteiger partial charge in [0.1, 0.15) is 0 Å². The average Bonchev–Trinajstić information content (AvgIpc) is 3.32. The molecule has 1 N–H and O–H groups in total. The zero-order valence-electron chi connectivity index (χ0n) is 16.0. The minimum Gasteiger partial charge on any atom is -0.336 e. The van der Waals surface area contributed by atoms with Crippen molar-refractivity contribution in [2.24, 2.45) is 0 Å². The van der Waals surface area contributed by atoms with E-state index < -0.39 is 0 Å². The van der Waals surface area contributed by atoms with Crippen molar-refractivity contribution in [3.63, 3.8) is 0 Å². The Morgan fingerprint density at radius 2 is 1.74 bits per heavy atom. The number of carbonyl (C=O) groups excluding carboxylic acids is 2. The standard InChI is InChI=1S/C21H26N4O2/c1-14-8-9-16(13-15(14)2)22-20(26)18-17-7-3-4-12-25(17)19(23-18)21(27)24-10-5-6-11-24/h8-9,13H,3-7,10-12H2,1-2H3,(H,22,26). The third-order valence-electron chi connectivity index (χ3n) is 5.68. The van der Waals surface area contributed by atoms with Crippen molar-refractivity contribution in [3.8, 4) is 0 Å². The summed E-state index contributed by atoms with van der Waals surface area (Å²) < 4.78 is 1.97. The number of likely N-dealkylation sites (tertiary alicyclic amines) is 1. The van der Waals surface area contributed by atoms with Gasteiger partial charge in [-0.2, -0.15) is 0 Å². The fraction of sp³-hybridized carbons (Fsp3) is 0.476. The fourth-order valence-corrected chi connectivity index (χ4v) is 3.96. The summed E-state index contributed by atoms with van der Waals surface area (Å²) in [6.07, 6.45) is 4.91. The van der Waals surface area contributed by atoms with Crippen LogP contribution in [0.25, 0.3) is 0 Å². The fourth-order valence-electron chi connectivity index (χ4n) is 3.96. The van der Waals surface area contributed by atoms with Crippen LogP contribution < -0.4 is 5.32 Å². The summed E-state index contributed by atoms with van der Waals surface area (Å²) in [7, 11) is 0. The highest BCUT2D eigenvalue weighted by molar-refractivity contribution is 6.05. The number of imidazole rings is 1. The second kappa shape index (κ2) is 7.18. The van der Waals surface area contributed by atoms with E-state index in [0.29, 0.717) is 11.5 Å². The maximum atomic E-state index is 12.9. The number of hydrogen-bond donors (Lipinski definition) is 1. The number of nitrogens with zero attached hydrogens (tertiary/aromatic N) is 3. The van der Waals surface area contributed by atoms with Crippen LogP contribution in [-0.4, -0.2) is 39.4 Å². The molecular weight excluding hydrogens is 340 g/mol. The number of fused-ring (bicyclic) bond motifs is 1. The zero-order chi connectivity index (χ0) is 19.0. The summed E-state index contributed by atoms with van der Waals surface area (Å²) in [5.41, 5.74) is 4.36. The first kappa shape index (κ1) is 17.8. The predicted octanol–water partition coefficient (Wildman–Crippen LogP) is 3.32. The Bertz CT molecular complexity index is 894. The van der Waals surface area contributed by atoms with Gasteiger partial charge < -0.3 is 14.8 Å². The van der Waals surface area contributed by atoms with Gasteiger partial charge in [0, 0.05) is 25.3 Å². The summed E-state index contributed by atoms with van der Waals surface area (Å²) in [6, 6.07) is 5.86. The molecule has 0 aliphatic carbocycles. The van der Waals surface area contributed by atoms with Gasteiger partial charge in [0.05, 0.1) is 5.69 Å². The minimum atomic E-state index is -0.232. The van der Waals surface area contributed by atoms with Gasteiger partial charge in [0.2, 0.25) is 0 Å². The van der Waals surface area contributed by atoms with Crippen molar-refractivity contribution in [3.05, 3.63) is 46.5 Å². The Hall–Kier alpha value is -2.63. The number of nitrogens with one attached hydrogen (secondary N) is 1. The van der Waals surface area contributed by atoms with Crippen LogP contribution in [0.3, 0.4) is 0 Å². The first-order valence-corrected chi connectivity index (χ1v) is 9.82. The Labute approximate surface area is 159 Å². The molecule has 2 aromatic rings. The molecule has 0 bridgehead atoms. The molecule has 1 aromatic heterocycles. The van der Waals surface area contributed by atoms with E-state index in [2.05, 4.69) is 10.3 Å². The molecular formula is C21H26N4O2. The van der Waals surface area contributed by atoms with Gasteiger partial charge in [-0.1, -0.05) is 6.07 Å². The molecule has 2 amide bonds. The molecule has 2 aliphatic heterocycles. The van der Waals surface area contributed by atoms with Crippen LogP contribution in [0.5, 0.6) is 0 Å². The van der Waals surface area contributed by atoms with Crippen LogP contribution in [0.1, 0.15) is 63.6 Å². The van der Waals surface area contributed by atoms with E-state index >= 15 is 0 Å². The lowest BCUT2D eigenvalue weighted by atomic mass is 10.1. The van der Waals surface area contributed by atoms with E-state index in [9.17, 15) is 9.59 Å². The van der Waals surface area contributed by atoms with E-state index in [1.165, 1.54) is 5.56 Å². The molecule has 3 heterocycles. The van der Waals surface area contributed by atoms with E-state index in [1.54, 1.807) is 0 Å². The van der Waals surface area contributed by atoms with E-state index in [1.807, 2.05) is 41.5 Å². The molecule has 4 rings (SSSR count). The highest BCUT2D eigenvalue weighted by Gasteiger charge is 2.30. The van der Waals surface area contributed by atoms with Crippen molar-refractivity contribution < 1.29 is 9.59 Å². The summed E-state index contributed by atoms with van der Waals surface area (Å²) in [4.78, 5) is 32.2. The molecule has 6 nitrogen and oxygen atoms in total. The lowest BCUT2D eigenvalue weighted by molar-refractivity contribution is 0.0774. The largest absolute Gasteiger partial charge is 0.336 e. The minimum absolute atomic E-state index is 0.0409. The molecule has 0 radical (unpaired) electrons. The van der Waals surface area contributed by atoms with Gasteiger partial charge >= 0.3 is 0 Å². The van der Waals surface area contributed by atoms with Gasteiger partial charge in [-0.3, -0.25) is 9.59 Å². The number of anilines is 1. The summed E-state index contributed by atoms with van der Waals surface area (Å²) in [5, 5.41) is 2.96. The van der Waals surface area contributed by atoms with Gasteiger partial charge in [-0.15, -0.1) is 0 Å². The van der Waals surface area contributed by atoms with Crippen LogP contribution in [0.2, 0.25) is 0 Å². The molecule has 27 heavy (non-hydrogen) atoms. The molecule has 142 valence electrons.